The fraction of sp³-hybridized carbons (Fsp3) is 0.538. The standard InChI is InChI=1S/C13H19NO3S/c1-10(12-4-2-3-11(7-12)8-15)14-13-5-6-18(16,17)9-13/h2-4,7,10,13-15H,5-6,8-9H2,1H3. The molecule has 0 aliphatic carbocycles. The molecule has 1 heterocycles. The van der Waals surface area contributed by atoms with E-state index in [0.717, 1.165) is 11.1 Å². The van der Waals surface area contributed by atoms with Gasteiger partial charge in [-0.05, 0) is 24.5 Å². The van der Waals surface area contributed by atoms with Crippen LogP contribution in [0.2, 0.25) is 0 Å². The summed E-state index contributed by atoms with van der Waals surface area (Å²) in [4.78, 5) is 0. The maximum Gasteiger partial charge on any atom is 0.151 e. The van der Waals surface area contributed by atoms with Crippen molar-refractivity contribution in [1.29, 1.82) is 0 Å². The van der Waals surface area contributed by atoms with Gasteiger partial charge in [0.1, 0.15) is 0 Å². The van der Waals surface area contributed by atoms with E-state index >= 15 is 0 Å². The normalized spacial score (nSPS) is 24.0. The van der Waals surface area contributed by atoms with E-state index in [1.807, 2.05) is 31.2 Å². The van der Waals surface area contributed by atoms with E-state index in [1.54, 1.807) is 0 Å². The molecule has 1 aliphatic heterocycles. The number of benzene rings is 1. The Hall–Kier alpha value is -0.910. The van der Waals surface area contributed by atoms with Crippen LogP contribution in [0.1, 0.15) is 30.5 Å². The molecule has 18 heavy (non-hydrogen) atoms. The van der Waals surface area contributed by atoms with Crippen LogP contribution in [0.3, 0.4) is 0 Å². The molecule has 1 saturated heterocycles. The molecule has 1 aromatic rings. The smallest absolute Gasteiger partial charge is 0.151 e. The summed E-state index contributed by atoms with van der Waals surface area (Å²) >= 11 is 0. The van der Waals surface area contributed by atoms with Crippen LogP contribution >= 0.6 is 0 Å². The van der Waals surface area contributed by atoms with Crippen molar-refractivity contribution >= 4 is 9.84 Å². The molecule has 4 nitrogen and oxygen atoms in total. The molecule has 1 fully saturated rings. The number of aliphatic hydroxyl groups is 1. The second-order valence-electron chi connectivity index (χ2n) is 4.89. The lowest BCUT2D eigenvalue weighted by Gasteiger charge is -2.19. The minimum Gasteiger partial charge on any atom is -0.392 e. The molecule has 2 rings (SSSR count). The van der Waals surface area contributed by atoms with Gasteiger partial charge in [-0.1, -0.05) is 24.3 Å². The molecular weight excluding hydrogens is 250 g/mol. The quantitative estimate of drug-likeness (QED) is 0.856. The number of aliphatic hydroxyl groups excluding tert-OH is 1. The molecule has 1 aromatic carbocycles. The lowest BCUT2D eigenvalue weighted by atomic mass is 10.0. The first-order valence-corrected chi connectivity index (χ1v) is 7.98. The van der Waals surface area contributed by atoms with Crippen molar-refractivity contribution in [3.05, 3.63) is 35.4 Å². The zero-order valence-corrected chi connectivity index (χ0v) is 11.3. The number of sulfone groups is 1. The van der Waals surface area contributed by atoms with Crippen LogP contribution < -0.4 is 5.32 Å². The Morgan fingerprint density at radius 2 is 2.28 bits per heavy atom. The predicted octanol–water partition coefficient (Wildman–Crippen LogP) is 1.02. The second kappa shape index (κ2) is 5.38. The van der Waals surface area contributed by atoms with Gasteiger partial charge in [-0.3, -0.25) is 0 Å². The van der Waals surface area contributed by atoms with E-state index in [4.69, 9.17) is 5.11 Å². The summed E-state index contributed by atoms with van der Waals surface area (Å²) in [5, 5.41) is 12.4. The minimum absolute atomic E-state index is 0.0262. The van der Waals surface area contributed by atoms with Crippen molar-refractivity contribution in [1.82, 2.24) is 5.32 Å². The van der Waals surface area contributed by atoms with Crippen LogP contribution in [-0.4, -0.2) is 31.1 Å². The maximum atomic E-state index is 11.4. The highest BCUT2D eigenvalue weighted by Crippen LogP contribution is 2.19. The molecule has 0 aromatic heterocycles. The van der Waals surface area contributed by atoms with Crippen LogP contribution in [0, 0.1) is 0 Å². The number of hydrogen-bond acceptors (Lipinski definition) is 4. The third-order valence-corrected chi connectivity index (χ3v) is 5.12. The van der Waals surface area contributed by atoms with Gasteiger partial charge in [0.2, 0.25) is 0 Å². The van der Waals surface area contributed by atoms with Gasteiger partial charge in [0.05, 0.1) is 18.1 Å². The fourth-order valence-corrected chi connectivity index (χ4v) is 4.02. The Balaban J connectivity index is 2.01. The first-order valence-electron chi connectivity index (χ1n) is 6.16. The van der Waals surface area contributed by atoms with Crippen molar-refractivity contribution in [2.45, 2.75) is 32.0 Å². The van der Waals surface area contributed by atoms with Gasteiger partial charge in [0.25, 0.3) is 0 Å². The monoisotopic (exact) mass is 269 g/mol. The molecule has 1 aliphatic rings. The van der Waals surface area contributed by atoms with Crippen LogP contribution in [0.15, 0.2) is 24.3 Å². The highest BCUT2D eigenvalue weighted by molar-refractivity contribution is 7.91. The molecule has 0 amide bonds. The number of rotatable bonds is 4. The molecule has 2 unspecified atom stereocenters. The fourth-order valence-electron chi connectivity index (χ4n) is 2.34. The lowest BCUT2D eigenvalue weighted by molar-refractivity contribution is 0.281. The van der Waals surface area contributed by atoms with Crippen molar-refractivity contribution < 1.29 is 13.5 Å². The van der Waals surface area contributed by atoms with E-state index in [1.165, 1.54) is 0 Å². The van der Waals surface area contributed by atoms with Crippen LogP contribution in [-0.2, 0) is 16.4 Å². The van der Waals surface area contributed by atoms with Crippen molar-refractivity contribution in [3.63, 3.8) is 0 Å². The van der Waals surface area contributed by atoms with Crippen LogP contribution in [0.5, 0.6) is 0 Å². The van der Waals surface area contributed by atoms with E-state index in [9.17, 15) is 8.42 Å². The molecule has 5 heteroatoms. The zero-order chi connectivity index (χ0) is 13.2. The average molecular weight is 269 g/mol. The van der Waals surface area contributed by atoms with Crippen LogP contribution in [0.25, 0.3) is 0 Å². The summed E-state index contributed by atoms with van der Waals surface area (Å²) in [5.41, 5.74) is 1.95. The van der Waals surface area contributed by atoms with Gasteiger partial charge >= 0.3 is 0 Å². The number of hydrogen-bond donors (Lipinski definition) is 2. The molecule has 2 N–H and O–H groups in total. The van der Waals surface area contributed by atoms with E-state index < -0.39 is 9.84 Å². The highest BCUT2D eigenvalue weighted by atomic mass is 32.2. The van der Waals surface area contributed by atoms with Crippen molar-refractivity contribution in [2.24, 2.45) is 0 Å². The minimum atomic E-state index is -2.84. The zero-order valence-electron chi connectivity index (χ0n) is 10.5. The van der Waals surface area contributed by atoms with Gasteiger partial charge in [-0.2, -0.15) is 0 Å². The van der Waals surface area contributed by atoms with Gasteiger partial charge in [0, 0.05) is 12.1 Å². The molecular formula is C13H19NO3S. The summed E-state index contributed by atoms with van der Waals surface area (Å²) in [6.07, 6.45) is 0.687. The van der Waals surface area contributed by atoms with Gasteiger partial charge in [-0.25, -0.2) is 8.42 Å². The maximum absolute atomic E-state index is 11.4. The van der Waals surface area contributed by atoms with E-state index in [2.05, 4.69) is 5.32 Å². The Morgan fingerprint density at radius 1 is 1.50 bits per heavy atom. The van der Waals surface area contributed by atoms with Gasteiger partial charge in [-0.15, -0.1) is 0 Å². The topological polar surface area (TPSA) is 66.4 Å². The predicted molar refractivity (Wildman–Crippen MR) is 71.0 cm³/mol. The SMILES string of the molecule is CC(NC1CCS(=O)(=O)C1)c1cccc(CO)c1. The number of nitrogens with one attached hydrogen (secondary N) is 1. The lowest BCUT2D eigenvalue weighted by Crippen LogP contribution is -2.32. The van der Waals surface area contributed by atoms with Crippen molar-refractivity contribution in [2.75, 3.05) is 11.5 Å². The third-order valence-electron chi connectivity index (χ3n) is 3.35. The summed E-state index contributed by atoms with van der Waals surface area (Å²) in [6.45, 7) is 2.04. The first kappa shape index (κ1) is 13.5. The van der Waals surface area contributed by atoms with E-state index in [-0.39, 0.29) is 30.2 Å². The molecule has 100 valence electrons. The summed E-state index contributed by atoms with van der Waals surface area (Å²) in [6, 6.07) is 7.85. The largest absolute Gasteiger partial charge is 0.392 e. The molecule has 0 radical (unpaired) electrons. The average Bonchev–Trinajstić information content (AvgIpc) is 2.68. The molecule has 2 atom stereocenters. The summed E-state index contributed by atoms with van der Waals surface area (Å²) in [7, 11) is -2.84. The molecule has 0 saturated carbocycles. The first-order chi connectivity index (χ1) is 8.50. The van der Waals surface area contributed by atoms with Gasteiger partial charge in [0.15, 0.2) is 9.84 Å². The Kier molecular flexibility index (Phi) is 4.04. The Morgan fingerprint density at radius 3 is 2.89 bits per heavy atom. The highest BCUT2D eigenvalue weighted by Gasteiger charge is 2.28. The van der Waals surface area contributed by atoms with Crippen molar-refractivity contribution in [3.8, 4) is 0 Å². The van der Waals surface area contributed by atoms with E-state index in [0.29, 0.717) is 6.42 Å². The van der Waals surface area contributed by atoms with Gasteiger partial charge < -0.3 is 10.4 Å². The summed E-state index contributed by atoms with van der Waals surface area (Å²) < 4.78 is 22.8. The van der Waals surface area contributed by atoms with Crippen LogP contribution in [0.4, 0.5) is 0 Å². The third kappa shape index (κ3) is 3.31. The molecule has 0 spiro atoms. The Labute approximate surface area is 108 Å². The Bertz CT molecular complexity index is 513. The summed E-state index contributed by atoms with van der Waals surface area (Å²) in [5.74, 6) is 0.519. The molecule has 0 bridgehead atoms. The second-order valence-corrected chi connectivity index (χ2v) is 7.12.